The molecule has 96 valence electrons. The van der Waals surface area contributed by atoms with Crippen LogP contribution in [0.2, 0.25) is 0 Å². The molecule has 7 heteroatoms. The van der Waals surface area contributed by atoms with E-state index in [1.54, 1.807) is 13.8 Å². The highest BCUT2D eigenvalue weighted by atomic mass is 19.4. The second-order valence-electron chi connectivity index (χ2n) is 3.72. The molecule has 4 nitrogen and oxygen atoms in total. The second-order valence-corrected chi connectivity index (χ2v) is 3.72. The smallest absolute Gasteiger partial charge is 0.364 e. The van der Waals surface area contributed by atoms with Gasteiger partial charge in [-0.25, -0.2) is 9.97 Å². The van der Waals surface area contributed by atoms with Crippen LogP contribution in [-0.2, 0) is 11.3 Å². The number of alkyl halides is 3. The van der Waals surface area contributed by atoms with Gasteiger partial charge in [-0.05, 0) is 13.8 Å². The van der Waals surface area contributed by atoms with Crippen LogP contribution in [0.3, 0.4) is 0 Å². The van der Waals surface area contributed by atoms with Gasteiger partial charge in [0.25, 0.3) is 0 Å². The molecule has 1 rings (SSSR count). The number of nitrogens with zero attached hydrogens (tertiary/aromatic N) is 2. The van der Waals surface area contributed by atoms with Gasteiger partial charge < -0.3 is 10.5 Å². The Balaban J connectivity index is 2.59. The van der Waals surface area contributed by atoms with Crippen molar-refractivity contribution in [3.63, 3.8) is 0 Å². The fraction of sp³-hybridized carbons (Fsp3) is 0.600. The van der Waals surface area contributed by atoms with Gasteiger partial charge in [-0.15, -0.1) is 0 Å². The number of nitrogens with two attached hydrogens (primary N) is 1. The monoisotopic (exact) mass is 249 g/mol. The van der Waals surface area contributed by atoms with E-state index in [-0.39, 0.29) is 18.5 Å². The number of aryl methyl sites for hydroxylation is 1. The zero-order valence-electron chi connectivity index (χ0n) is 9.58. The first-order valence-electron chi connectivity index (χ1n) is 5.02. The van der Waals surface area contributed by atoms with Crippen LogP contribution in [0.1, 0.15) is 30.0 Å². The second kappa shape index (κ2) is 5.42. The maximum absolute atomic E-state index is 11.8. The van der Waals surface area contributed by atoms with E-state index in [9.17, 15) is 13.2 Å². The maximum Gasteiger partial charge on any atom is 0.411 e. The lowest BCUT2D eigenvalue weighted by Crippen LogP contribution is -2.17. The Hall–Kier alpha value is -1.21. The Morgan fingerprint density at radius 1 is 1.47 bits per heavy atom. The molecule has 0 saturated heterocycles. The summed E-state index contributed by atoms with van der Waals surface area (Å²) in [5, 5.41) is 0. The fourth-order valence-electron chi connectivity index (χ4n) is 1.30. The zero-order valence-corrected chi connectivity index (χ0v) is 9.58. The highest BCUT2D eigenvalue weighted by Gasteiger charge is 2.27. The predicted octanol–water partition coefficient (Wildman–Crippen LogP) is 1.88. The molecule has 0 fully saturated rings. The summed E-state index contributed by atoms with van der Waals surface area (Å²) < 4.78 is 39.9. The highest BCUT2D eigenvalue weighted by Crippen LogP contribution is 2.16. The molecule has 0 saturated carbocycles. The third-order valence-corrected chi connectivity index (χ3v) is 2.05. The van der Waals surface area contributed by atoms with Crippen molar-refractivity contribution < 1.29 is 17.9 Å². The molecule has 1 aromatic rings. The zero-order chi connectivity index (χ0) is 13.1. The summed E-state index contributed by atoms with van der Waals surface area (Å²) in [4.78, 5) is 7.93. The Morgan fingerprint density at radius 3 is 2.59 bits per heavy atom. The predicted molar refractivity (Wildman–Crippen MR) is 55.1 cm³/mol. The minimum absolute atomic E-state index is 0.208. The van der Waals surface area contributed by atoms with E-state index in [4.69, 9.17) is 5.73 Å². The van der Waals surface area contributed by atoms with Gasteiger partial charge in [0.1, 0.15) is 13.2 Å². The van der Waals surface area contributed by atoms with E-state index in [1.807, 2.05) is 0 Å². The Morgan fingerprint density at radius 2 is 2.12 bits per heavy atom. The van der Waals surface area contributed by atoms with E-state index in [2.05, 4.69) is 14.7 Å². The van der Waals surface area contributed by atoms with Gasteiger partial charge in [0, 0.05) is 23.5 Å². The molecule has 0 aliphatic rings. The summed E-state index contributed by atoms with van der Waals surface area (Å²) in [5.41, 5.74) is 7.08. The van der Waals surface area contributed by atoms with Crippen molar-refractivity contribution in [1.82, 2.24) is 9.97 Å². The molecule has 0 amide bonds. The first-order chi connectivity index (χ1) is 7.79. The number of hydrogen-bond acceptors (Lipinski definition) is 4. The van der Waals surface area contributed by atoms with Crippen molar-refractivity contribution in [2.75, 3.05) is 6.61 Å². The number of halogens is 3. The van der Waals surface area contributed by atoms with Crippen LogP contribution in [0.15, 0.2) is 6.20 Å². The molecule has 0 bridgehead atoms. The molecule has 0 unspecified atom stereocenters. The number of rotatable bonds is 4. The van der Waals surface area contributed by atoms with Crippen molar-refractivity contribution in [3.05, 3.63) is 23.3 Å². The summed E-state index contributed by atoms with van der Waals surface area (Å²) in [6.07, 6.45) is -2.82. The van der Waals surface area contributed by atoms with Crippen LogP contribution in [0.25, 0.3) is 0 Å². The van der Waals surface area contributed by atoms with Crippen LogP contribution in [0.5, 0.6) is 0 Å². The molecule has 0 radical (unpaired) electrons. The van der Waals surface area contributed by atoms with Crippen LogP contribution in [0, 0.1) is 6.92 Å². The quantitative estimate of drug-likeness (QED) is 0.885. The molecule has 1 heterocycles. The molecule has 0 spiro atoms. The van der Waals surface area contributed by atoms with Crippen molar-refractivity contribution in [1.29, 1.82) is 0 Å². The van der Waals surface area contributed by atoms with Gasteiger partial charge in [-0.2, -0.15) is 13.2 Å². The van der Waals surface area contributed by atoms with E-state index in [1.165, 1.54) is 6.20 Å². The maximum atomic E-state index is 11.8. The number of aromatic nitrogens is 2. The normalized spacial score (nSPS) is 13.8. The Kier molecular flexibility index (Phi) is 4.41. The third kappa shape index (κ3) is 4.66. The van der Waals surface area contributed by atoms with Gasteiger partial charge in [-0.1, -0.05) is 0 Å². The highest BCUT2D eigenvalue weighted by molar-refractivity contribution is 5.19. The first kappa shape index (κ1) is 13.9. The number of ether oxygens (including phenoxy) is 1. The van der Waals surface area contributed by atoms with Crippen molar-refractivity contribution in [3.8, 4) is 0 Å². The average Bonchev–Trinajstić information content (AvgIpc) is 2.15. The lowest BCUT2D eigenvalue weighted by Gasteiger charge is -2.10. The van der Waals surface area contributed by atoms with Gasteiger partial charge in [0.2, 0.25) is 0 Å². The SMILES string of the molecule is Cc1nc(COCC(F)(F)F)ncc1[C@H](C)N. The number of hydrogen-bond donors (Lipinski definition) is 1. The first-order valence-corrected chi connectivity index (χ1v) is 5.02. The molecular formula is C10H14F3N3O. The third-order valence-electron chi connectivity index (χ3n) is 2.05. The van der Waals surface area contributed by atoms with E-state index in [0.717, 1.165) is 5.56 Å². The molecule has 2 N–H and O–H groups in total. The van der Waals surface area contributed by atoms with Gasteiger partial charge >= 0.3 is 6.18 Å². The van der Waals surface area contributed by atoms with Crippen LogP contribution < -0.4 is 5.73 Å². The summed E-state index contributed by atoms with van der Waals surface area (Å²) in [6, 6.07) is -0.208. The molecule has 17 heavy (non-hydrogen) atoms. The lowest BCUT2D eigenvalue weighted by atomic mass is 10.1. The standard InChI is InChI=1S/C10H14F3N3O/c1-6(14)8-3-15-9(16-7(8)2)4-17-5-10(11,12)13/h3,6H,4-5,14H2,1-2H3/t6-/m0/s1. The largest absolute Gasteiger partial charge is 0.411 e. The van der Waals surface area contributed by atoms with Gasteiger partial charge in [0.05, 0.1) is 0 Å². The van der Waals surface area contributed by atoms with Crippen LogP contribution in [0.4, 0.5) is 13.2 Å². The minimum atomic E-state index is -4.33. The fourth-order valence-corrected chi connectivity index (χ4v) is 1.30. The van der Waals surface area contributed by atoms with E-state index in [0.29, 0.717) is 5.69 Å². The Labute approximate surface area is 97.0 Å². The van der Waals surface area contributed by atoms with Crippen molar-refractivity contribution >= 4 is 0 Å². The molecule has 1 atom stereocenters. The molecule has 0 aliphatic heterocycles. The summed E-state index contributed by atoms with van der Waals surface area (Å²) in [7, 11) is 0. The van der Waals surface area contributed by atoms with Crippen molar-refractivity contribution in [2.45, 2.75) is 32.7 Å². The average molecular weight is 249 g/mol. The van der Waals surface area contributed by atoms with Crippen LogP contribution >= 0.6 is 0 Å². The van der Waals surface area contributed by atoms with Crippen molar-refractivity contribution in [2.24, 2.45) is 5.73 Å². The summed E-state index contributed by atoms with van der Waals surface area (Å²) >= 11 is 0. The Bertz CT molecular complexity index is 380. The van der Waals surface area contributed by atoms with Crippen LogP contribution in [-0.4, -0.2) is 22.8 Å². The van der Waals surface area contributed by atoms with Gasteiger partial charge in [0.15, 0.2) is 5.82 Å². The van der Waals surface area contributed by atoms with E-state index < -0.39 is 12.8 Å². The summed E-state index contributed by atoms with van der Waals surface area (Å²) in [5.74, 6) is 0.219. The molecule has 1 aromatic heterocycles. The molecular weight excluding hydrogens is 235 g/mol. The van der Waals surface area contributed by atoms with E-state index >= 15 is 0 Å². The molecule has 0 aromatic carbocycles. The summed E-state index contributed by atoms with van der Waals surface area (Å²) in [6.45, 7) is 1.95. The minimum Gasteiger partial charge on any atom is -0.364 e. The lowest BCUT2D eigenvalue weighted by molar-refractivity contribution is -0.177. The van der Waals surface area contributed by atoms with Gasteiger partial charge in [-0.3, -0.25) is 0 Å². The molecule has 0 aliphatic carbocycles. The topological polar surface area (TPSA) is 61.0 Å².